The second kappa shape index (κ2) is 10.2. The normalized spacial score (nSPS) is 11.8. The van der Waals surface area contributed by atoms with E-state index in [-0.39, 0.29) is 0 Å². The Kier molecular flexibility index (Phi) is 5.64. The third-order valence-electron chi connectivity index (χ3n) is 8.59. The molecule has 0 fully saturated rings. The molecule has 0 saturated heterocycles. The highest BCUT2D eigenvalue weighted by Crippen LogP contribution is 2.40. The number of furan rings is 2. The van der Waals surface area contributed by atoms with Crippen LogP contribution in [0.25, 0.3) is 98.8 Å². The van der Waals surface area contributed by atoms with Crippen molar-refractivity contribution in [3.63, 3.8) is 0 Å². The first-order chi connectivity index (χ1) is 23.3. The van der Waals surface area contributed by atoms with Gasteiger partial charge in [0.25, 0.3) is 0 Å². The van der Waals surface area contributed by atoms with E-state index < -0.39 is 0 Å². The summed E-state index contributed by atoms with van der Waals surface area (Å²) in [5.74, 6) is 1.72. The molecule has 220 valence electrons. The van der Waals surface area contributed by atoms with Gasteiger partial charge < -0.3 is 8.83 Å². The van der Waals surface area contributed by atoms with Crippen molar-refractivity contribution in [2.45, 2.75) is 0 Å². The number of nitrogens with zero attached hydrogens (tertiary/aromatic N) is 4. The molecule has 0 saturated carbocycles. The quantitative estimate of drug-likeness (QED) is 0.194. The summed E-state index contributed by atoms with van der Waals surface area (Å²) in [6, 6.07) is 44.7. The maximum Gasteiger partial charge on any atom is 0.164 e. The lowest BCUT2D eigenvalue weighted by Gasteiger charge is -2.10. The zero-order chi connectivity index (χ0) is 30.9. The Hall–Kier alpha value is -6.18. The van der Waals surface area contributed by atoms with Gasteiger partial charge in [0.1, 0.15) is 27.3 Å². The van der Waals surface area contributed by atoms with Gasteiger partial charge in [-0.3, -0.25) is 0 Å². The Morgan fingerprint density at radius 3 is 1.62 bits per heavy atom. The van der Waals surface area contributed by atoms with Crippen LogP contribution in [0.15, 0.2) is 142 Å². The van der Waals surface area contributed by atoms with E-state index >= 15 is 0 Å². The lowest BCUT2D eigenvalue weighted by molar-refractivity contribution is 0.668. The highest BCUT2D eigenvalue weighted by atomic mass is 32.1. The maximum atomic E-state index is 6.24. The molecule has 0 aliphatic rings. The van der Waals surface area contributed by atoms with E-state index in [1.165, 1.54) is 0 Å². The molecule has 0 bridgehead atoms. The van der Waals surface area contributed by atoms with E-state index in [9.17, 15) is 0 Å². The molecule has 10 rings (SSSR count). The van der Waals surface area contributed by atoms with E-state index in [1.54, 1.807) is 11.3 Å². The molecule has 0 aliphatic carbocycles. The molecule has 7 heteroatoms. The second-order valence-electron chi connectivity index (χ2n) is 11.4. The van der Waals surface area contributed by atoms with Crippen molar-refractivity contribution in [2.24, 2.45) is 0 Å². The van der Waals surface area contributed by atoms with Gasteiger partial charge in [-0.05, 0) is 42.5 Å². The van der Waals surface area contributed by atoms with Crippen LogP contribution in [0.1, 0.15) is 0 Å². The minimum absolute atomic E-state index is 0.571. The Labute approximate surface area is 271 Å². The Morgan fingerprint density at radius 2 is 0.979 bits per heavy atom. The molecule has 0 N–H and O–H groups in total. The number of rotatable bonds is 4. The van der Waals surface area contributed by atoms with Crippen LogP contribution in [-0.4, -0.2) is 19.9 Å². The maximum absolute atomic E-state index is 6.24. The molecular formula is C40H22N4O2S. The van der Waals surface area contributed by atoms with Gasteiger partial charge in [-0.15, -0.1) is 11.3 Å². The highest BCUT2D eigenvalue weighted by molar-refractivity contribution is 7.21. The van der Waals surface area contributed by atoms with Crippen molar-refractivity contribution in [2.75, 3.05) is 0 Å². The van der Waals surface area contributed by atoms with E-state index in [1.807, 2.05) is 91.0 Å². The van der Waals surface area contributed by atoms with Crippen molar-refractivity contribution >= 4 is 65.4 Å². The predicted molar refractivity (Wildman–Crippen MR) is 189 cm³/mol. The van der Waals surface area contributed by atoms with Gasteiger partial charge in [0, 0.05) is 43.8 Å². The average molecular weight is 623 g/mol. The summed E-state index contributed by atoms with van der Waals surface area (Å²) in [4.78, 5) is 20.3. The number of hydrogen-bond acceptors (Lipinski definition) is 7. The van der Waals surface area contributed by atoms with Gasteiger partial charge in [0.15, 0.2) is 17.5 Å². The molecule has 10 aromatic rings. The molecule has 0 spiro atoms. The van der Waals surface area contributed by atoms with E-state index in [2.05, 4.69) is 42.5 Å². The summed E-state index contributed by atoms with van der Waals surface area (Å²) in [6.07, 6.45) is 0. The first-order valence-electron chi connectivity index (χ1n) is 15.3. The number of fused-ring (bicyclic) bond motifs is 7. The van der Waals surface area contributed by atoms with E-state index in [0.29, 0.717) is 17.5 Å². The van der Waals surface area contributed by atoms with Crippen LogP contribution in [0.2, 0.25) is 0 Å². The Morgan fingerprint density at radius 1 is 0.426 bits per heavy atom. The zero-order valence-electron chi connectivity index (χ0n) is 24.7. The summed E-state index contributed by atoms with van der Waals surface area (Å²) in [5.41, 5.74) is 7.91. The first kappa shape index (κ1) is 26.1. The monoisotopic (exact) mass is 622 g/mol. The largest absolute Gasteiger partial charge is 0.456 e. The summed E-state index contributed by atoms with van der Waals surface area (Å²) in [5, 5.41) is 4.96. The molecule has 4 aromatic heterocycles. The number of para-hydroxylation sites is 2. The van der Waals surface area contributed by atoms with Crippen molar-refractivity contribution < 1.29 is 8.83 Å². The van der Waals surface area contributed by atoms with Crippen LogP contribution in [0.4, 0.5) is 0 Å². The molecule has 0 aliphatic heterocycles. The lowest BCUT2D eigenvalue weighted by atomic mass is 10.0. The van der Waals surface area contributed by atoms with Crippen molar-refractivity contribution in [3.05, 3.63) is 133 Å². The topological polar surface area (TPSA) is 77.8 Å². The summed E-state index contributed by atoms with van der Waals surface area (Å²) < 4.78 is 13.5. The standard InChI is InChI=1S/C40H22N4O2S/c1-2-10-23(11-3-1)40-41-29-21-20-24(22-34(29)47-40)37-42-38(27-14-8-18-32-35(27)25-12-4-6-16-30(25)45-32)44-39(43-37)28-15-9-19-33-36(28)26-13-5-7-17-31(26)46-33/h1-22H. The minimum Gasteiger partial charge on any atom is -0.456 e. The molecule has 47 heavy (non-hydrogen) atoms. The third-order valence-corrected chi connectivity index (χ3v) is 9.66. The summed E-state index contributed by atoms with van der Waals surface area (Å²) >= 11 is 1.66. The van der Waals surface area contributed by atoms with Crippen molar-refractivity contribution in [3.8, 4) is 44.7 Å². The zero-order valence-corrected chi connectivity index (χ0v) is 25.5. The second-order valence-corrected chi connectivity index (χ2v) is 12.5. The van der Waals surface area contributed by atoms with Gasteiger partial charge in [0.05, 0.1) is 10.2 Å². The van der Waals surface area contributed by atoms with Crippen LogP contribution in [0.5, 0.6) is 0 Å². The Balaban J connectivity index is 1.23. The number of aromatic nitrogens is 4. The van der Waals surface area contributed by atoms with Crippen LogP contribution >= 0.6 is 11.3 Å². The van der Waals surface area contributed by atoms with Crippen molar-refractivity contribution in [1.29, 1.82) is 0 Å². The fourth-order valence-corrected chi connectivity index (χ4v) is 7.45. The van der Waals surface area contributed by atoms with Gasteiger partial charge in [0.2, 0.25) is 0 Å². The van der Waals surface area contributed by atoms with Crippen LogP contribution < -0.4 is 0 Å². The first-order valence-corrected chi connectivity index (χ1v) is 16.1. The van der Waals surface area contributed by atoms with Crippen LogP contribution in [0.3, 0.4) is 0 Å². The molecule has 0 atom stereocenters. The number of hydrogen-bond donors (Lipinski definition) is 0. The van der Waals surface area contributed by atoms with E-state index in [0.717, 1.165) is 81.4 Å². The fraction of sp³-hybridized carbons (Fsp3) is 0. The van der Waals surface area contributed by atoms with Gasteiger partial charge >= 0.3 is 0 Å². The van der Waals surface area contributed by atoms with Crippen molar-refractivity contribution in [1.82, 2.24) is 19.9 Å². The fourth-order valence-electron chi connectivity index (χ4n) is 6.44. The molecule has 0 radical (unpaired) electrons. The smallest absolute Gasteiger partial charge is 0.164 e. The summed E-state index contributed by atoms with van der Waals surface area (Å²) in [7, 11) is 0. The minimum atomic E-state index is 0.571. The molecule has 0 amide bonds. The average Bonchev–Trinajstić information content (AvgIpc) is 3.84. The summed E-state index contributed by atoms with van der Waals surface area (Å²) in [6.45, 7) is 0. The molecule has 6 nitrogen and oxygen atoms in total. The van der Waals surface area contributed by atoms with Gasteiger partial charge in [-0.25, -0.2) is 19.9 Å². The predicted octanol–water partition coefficient (Wildman–Crippen LogP) is 10.9. The number of thiazole rings is 1. The van der Waals surface area contributed by atoms with E-state index in [4.69, 9.17) is 28.8 Å². The molecule has 6 aromatic carbocycles. The third kappa shape index (κ3) is 4.17. The Bertz CT molecular complexity index is 2680. The molecular weight excluding hydrogens is 601 g/mol. The number of benzene rings is 6. The van der Waals surface area contributed by atoms with Gasteiger partial charge in [-0.2, -0.15) is 0 Å². The molecule has 0 unspecified atom stereocenters. The van der Waals surface area contributed by atoms with Gasteiger partial charge in [-0.1, -0.05) is 91.0 Å². The highest BCUT2D eigenvalue weighted by Gasteiger charge is 2.20. The van der Waals surface area contributed by atoms with Crippen LogP contribution in [-0.2, 0) is 0 Å². The molecule has 4 heterocycles. The SMILES string of the molecule is c1ccc(-c2nc3ccc(-c4nc(-c5cccc6oc7ccccc7c56)nc(-c5cccc6oc7ccccc7c56)n4)cc3s2)cc1. The lowest BCUT2D eigenvalue weighted by Crippen LogP contribution is -2.00. The van der Waals surface area contributed by atoms with Crippen LogP contribution in [0, 0.1) is 0 Å².